The summed E-state index contributed by atoms with van der Waals surface area (Å²) in [6, 6.07) is 0. The molecule has 0 radical (unpaired) electrons. The van der Waals surface area contributed by atoms with Gasteiger partial charge in [-0.3, -0.25) is 9.48 Å². The zero-order valence-corrected chi connectivity index (χ0v) is 14.8. The first-order valence-corrected chi connectivity index (χ1v) is 8.08. The first-order chi connectivity index (χ1) is 9.28. The average molecular weight is 344 g/mol. The molecule has 1 aromatic heterocycles. The quantitative estimate of drug-likeness (QED) is 0.827. The highest BCUT2D eigenvalue weighted by atomic mass is 79.9. The topological polar surface area (TPSA) is 46.9 Å². The molecule has 0 saturated carbocycles. The van der Waals surface area contributed by atoms with E-state index >= 15 is 0 Å². The fourth-order valence-electron chi connectivity index (χ4n) is 2.04. The number of hydrogen-bond donors (Lipinski definition) is 1. The maximum absolute atomic E-state index is 12.1. The van der Waals surface area contributed by atoms with E-state index in [0.717, 1.165) is 35.4 Å². The van der Waals surface area contributed by atoms with Crippen LogP contribution in [-0.4, -0.2) is 27.6 Å². The van der Waals surface area contributed by atoms with Gasteiger partial charge in [-0.1, -0.05) is 6.92 Å². The lowest BCUT2D eigenvalue weighted by molar-refractivity contribution is -0.118. The van der Waals surface area contributed by atoms with Crippen molar-refractivity contribution in [3.05, 3.63) is 15.9 Å². The van der Waals surface area contributed by atoms with Crippen LogP contribution in [-0.2, 0) is 24.2 Å². The van der Waals surface area contributed by atoms with Crippen molar-refractivity contribution in [1.29, 1.82) is 0 Å². The Bertz CT molecular complexity index is 460. The van der Waals surface area contributed by atoms with Gasteiger partial charge >= 0.3 is 0 Å². The lowest BCUT2D eigenvalue weighted by Crippen LogP contribution is -2.37. The van der Waals surface area contributed by atoms with Gasteiger partial charge in [-0.05, 0) is 50.0 Å². The summed E-state index contributed by atoms with van der Waals surface area (Å²) in [5.41, 5.74) is 2.09. The van der Waals surface area contributed by atoms with E-state index < -0.39 is 0 Å². The second-order valence-corrected chi connectivity index (χ2v) is 6.81. The Balaban J connectivity index is 2.64. The molecule has 1 aromatic rings. The Morgan fingerprint density at radius 2 is 2.00 bits per heavy atom. The first-order valence-electron chi connectivity index (χ1n) is 7.29. The summed E-state index contributed by atoms with van der Waals surface area (Å²) in [6.07, 6.45) is 1.88. The number of aromatic nitrogens is 2. The number of rotatable bonds is 7. The van der Waals surface area contributed by atoms with Crippen LogP contribution in [0.1, 0.15) is 52.4 Å². The van der Waals surface area contributed by atoms with Crippen LogP contribution in [0.5, 0.6) is 0 Å². The molecule has 1 N–H and O–H groups in total. The summed E-state index contributed by atoms with van der Waals surface area (Å²) in [7, 11) is 0. The molecule has 0 aliphatic rings. The van der Waals surface area contributed by atoms with E-state index in [9.17, 15) is 4.79 Å². The molecule has 0 aliphatic heterocycles. The number of carbonyl (C=O) groups excluding carboxylic acids is 1. The number of ketones is 1. The van der Waals surface area contributed by atoms with Gasteiger partial charge in [-0.2, -0.15) is 5.10 Å². The smallest absolute Gasteiger partial charge is 0.140 e. The van der Waals surface area contributed by atoms with Crippen molar-refractivity contribution >= 4 is 21.7 Å². The third kappa shape index (κ3) is 5.02. The molecule has 114 valence electrons. The van der Waals surface area contributed by atoms with E-state index in [1.165, 1.54) is 0 Å². The minimum atomic E-state index is 0.0570. The van der Waals surface area contributed by atoms with Gasteiger partial charge in [0.15, 0.2) is 0 Å². The predicted octanol–water partition coefficient (Wildman–Crippen LogP) is 3.12. The third-order valence-electron chi connectivity index (χ3n) is 3.12. The van der Waals surface area contributed by atoms with Gasteiger partial charge < -0.3 is 5.32 Å². The van der Waals surface area contributed by atoms with E-state index in [1.807, 2.05) is 11.6 Å². The van der Waals surface area contributed by atoms with E-state index in [1.54, 1.807) is 0 Å². The normalized spacial score (nSPS) is 11.9. The van der Waals surface area contributed by atoms with Gasteiger partial charge in [-0.15, -0.1) is 0 Å². The molecule has 0 spiro atoms. The Hall–Kier alpha value is -0.680. The standard InChI is InChI=1S/C15H26BrN3O/c1-6-12-14(16)13(19(7-2)18-12)10-11(20)8-9-17-15(3,4)5/h17H,6-10H2,1-5H3. The summed E-state index contributed by atoms with van der Waals surface area (Å²) in [5, 5.41) is 7.86. The average Bonchev–Trinajstić information content (AvgIpc) is 2.64. The number of nitrogens with zero attached hydrogens (tertiary/aromatic N) is 2. The number of halogens is 1. The first kappa shape index (κ1) is 17.4. The molecule has 5 heteroatoms. The van der Waals surface area contributed by atoms with E-state index in [4.69, 9.17) is 0 Å². The monoisotopic (exact) mass is 343 g/mol. The summed E-state index contributed by atoms with van der Waals surface area (Å²) in [6.45, 7) is 12.0. The maximum Gasteiger partial charge on any atom is 0.140 e. The maximum atomic E-state index is 12.1. The molecule has 20 heavy (non-hydrogen) atoms. The summed E-state index contributed by atoms with van der Waals surface area (Å²) >= 11 is 3.58. The van der Waals surface area contributed by atoms with Crippen LogP contribution in [0.15, 0.2) is 4.47 Å². The molecular formula is C15H26BrN3O. The SMILES string of the molecule is CCc1nn(CC)c(CC(=O)CCNC(C)(C)C)c1Br. The van der Waals surface area contributed by atoms with Gasteiger partial charge in [0.25, 0.3) is 0 Å². The number of carbonyl (C=O) groups is 1. The number of aryl methyl sites for hydroxylation is 2. The Morgan fingerprint density at radius 1 is 1.35 bits per heavy atom. The molecule has 4 nitrogen and oxygen atoms in total. The Morgan fingerprint density at radius 3 is 2.50 bits per heavy atom. The van der Waals surface area contributed by atoms with Crippen LogP contribution in [0.3, 0.4) is 0 Å². The van der Waals surface area contributed by atoms with Crippen LogP contribution in [0.4, 0.5) is 0 Å². The second-order valence-electron chi connectivity index (χ2n) is 6.02. The van der Waals surface area contributed by atoms with Gasteiger partial charge in [0.1, 0.15) is 5.78 Å². The van der Waals surface area contributed by atoms with Crippen LogP contribution in [0.2, 0.25) is 0 Å². The minimum Gasteiger partial charge on any atom is -0.312 e. The lowest BCUT2D eigenvalue weighted by atomic mass is 10.1. The highest BCUT2D eigenvalue weighted by Crippen LogP contribution is 2.23. The molecule has 0 aromatic carbocycles. The zero-order chi connectivity index (χ0) is 15.3. The predicted molar refractivity (Wildman–Crippen MR) is 86.1 cm³/mol. The van der Waals surface area contributed by atoms with Crippen LogP contribution < -0.4 is 5.32 Å². The molecule has 1 rings (SSSR count). The van der Waals surface area contributed by atoms with Crippen molar-refractivity contribution in [1.82, 2.24) is 15.1 Å². The van der Waals surface area contributed by atoms with Crippen LogP contribution >= 0.6 is 15.9 Å². The second kappa shape index (κ2) is 7.36. The molecule has 0 amide bonds. The molecule has 0 fully saturated rings. The van der Waals surface area contributed by atoms with Crippen molar-refractivity contribution in [2.45, 2.75) is 66.0 Å². The number of nitrogens with one attached hydrogen (secondary N) is 1. The number of hydrogen-bond acceptors (Lipinski definition) is 3. The van der Waals surface area contributed by atoms with Crippen molar-refractivity contribution in [3.8, 4) is 0 Å². The minimum absolute atomic E-state index is 0.0570. The fraction of sp³-hybridized carbons (Fsp3) is 0.733. The molecule has 0 saturated heterocycles. The van der Waals surface area contributed by atoms with Gasteiger partial charge in [0.05, 0.1) is 15.9 Å². The Labute approximate surface area is 130 Å². The fourth-order valence-corrected chi connectivity index (χ4v) is 2.74. The van der Waals surface area contributed by atoms with E-state index in [2.05, 4.69) is 54.0 Å². The van der Waals surface area contributed by atoms with Gasteiger partial charge in [0, 0.05) is 31.5 Å². The van der Waals surface area contributed by atoms with E-state index in [-0.39, 0.29) is 11.3 Å². The Kier molecular flexibility index (Phi) is 6.40. The summed E-state index contributed by atoms with van der Waals surface area (Å²) in [4.78, 5) is 12.1. The molecule has 1 heterocycles. The lowest BCUT2D eigenvalue weighted by Gasteiger charge is -2.20. The van der Waals surface area contributed by atoms with Crippen LogP contribution in [0, 0.1) is 0 Å². The molecule has 0 bridgehead atoms. The largest absolute Gasteiger partial charge is 0.312 e. The third-order valence-corrected chi connectivity index (χ3v) is 4.03. The molecule has 0 atom stereocenters. The summed E-state index contributed by atoms with van der Waals surface area (Å²) < 4.78 is 2.93. The molecular weight excluding hydrogens is 318 g/mol. The zero-order valence-electron chi connectivity index (χ0n) is 13.2. The number of Topliss-reactive ketones (excluding diaryl/α,β-unsaturated/α-hetero) is 1. The van der Waals surface area contributed by atoms with Crippen molar-refractivity contribution in [3.63, 3.8) is 0 Å². The highest BCUT2D eigenvalue weighted by Gasteiger charge is 2.17. The molecule has 0 unspecified atom stereocenters. The van der Waals surface area contributed by atoms with Crippen molar-refractivity contribution in [2.75, 3.05) is 6.54 Å². The van der Waals surface area contributed by atoms with Crippen molar-refractivity contribution in [2.24, 2.45) is 0 Å². The summed E-state index contributed by atoms with van der Waals surface area (Å²) in [5.74, 6) is 0.250. The highest BCUT2D eigenvalue weighted by molar-refractivity contribution is 9.10. The van der Waals surface area contributed by atoms with E-state index in [0.29, 0.717) is 12.8 Å². The van der Waals surface area contributed by atoms with Crippen LogP contribution in [0.25, 0.3) is 0 Å². The van der Waals surface area contributed by atoms with Gasteiger partial charge in [0.2, 0.25) is 0 Å². The van der Waals surface area contributed by atoms with Gasteiger partial charge in [-0.25, -0.2) is 0 Å². The van der Waals surface area contributed by atoms with Crippen molar-refractivity contribution < 1.29 is 4.79 Å². The molecule has 0 aliphatic carbocycles.